The average Bonchev–Trinajstić information content (AvgIpc) is 3.31. The number of benzene rings is 6. The molecule has 0 N–H and O–H groups in total. The van der Waals surface area contributed by atoms with Crippen LogP contribution in [0.1, 0.15) is 6.92 Å². The summed E-state index contributed by atoms with van der Waals surface area (Å²) < 4.78 is 2.42. The number of rotatable bonds is 5. The third-order valence-corrected chi connectivity index (χ3v) is 7.55. The fourth-order valence-electron chi connectivity index (χ4n) is 5.81. The lowest BCUT2D eigenvalue weighted by Crippen LogP contribution is -2.10. The Morgan fingerprint density at radius 2 is 1.18 bits per heavy atom. The maximum absolute atomic E-state index is 2.42. The lowest BCUT2D eigenvalue weighted by molar-refractivity contribution is 0.827. The van der Waals surface area contributed by atoms with Crippen molar-refractivity contribution in [2.45, 2.75) is 13.5 Å². The molecule has 0 unspecified atom stereocenters. The molecule has 0 radical (unpaired) electrons. The SMILES string of the molecule is CCn1c2ccccc2c2ccc(N(c3ccccc3)c3ccc4cccc(-c5ccccc5)c4c3)cc21. The van der Waals surface area contributed by atoms with Gasteiger partial charge >= 0.3 is 0 Å². The van der Waals surface area contributed by atoms with Gasteiger partial charge in [-0.05, 0) is 71.3 Å². The Kier molecular flexibility index (Phi) is 5.44. The number of para-hydroxylation sites is 2. The van der Waals surface area contributed by atoms with Crippen molar-refractivity contribution >= 4 is 49.6 Å². The minimum atomic E-state index is 0.926. The maximum atomic E-state index is 2.42. The Labute approximate surface area is 223 Å². The van der Waals surface area contributed by atoms with Crippen LogP contribution in [0.2, 0.25) is 0 Å². The minimum absolute atomic E-state index is 0.926. The molecule has 7 aromatic rings. The first-order valence-corrected chi connectivity index (χ1v) is 13.3. The number of aromatic nitrogens is 1. The molecule has 0 amide bonds. The molecule has 0 spiro atoms. The third kappa shape index (κ3) is 3.65. The first kappa shape index (κ1) is 22.4. The van der Waals surface area contributed by atoms with E-state index in [2.05, 4.69) is 156 Å². The molecule has 1 heterocycles. The summed E-state index contributed by atoms with van der Waals surface area (Å²) in [6, 6.07) is 50.3. The van der Waals surface area contributed by atoms with Crippen molar-refractivity contribution in [3.63, 3.8) is 0 Å². The van der Waals surface area contributed by atoms with Crippen molar-refractivity contribution in [3.05, 3.63) is 140 Å². The lowest BCUT2D eigenvalue weighted by atomic mass is 9.97. The van der Waals surface area contributed by atoms with Crippen LogP contribution < -0.4 is 4.90 Å². The molecule has 7 rings (SSSR count). The van der Waals surface area contributed by atoms with Crippen molar-refractivity contribution < 1.29 is 0 Å². The molecule has 0 aliphatic carbocycles. The lowest BCUT2D eigenvalue weighted by Gasteiger charge is -2.26. The molecule has 38 heavy (non-hydrogen) atoms. The quantitative estimate of drug-likeness (QED) is 0.234. The maximum Gasteiger partial charge on any atom is 0.0512 e. The van der Waals surface area contributed by atoms with Crippen LogP contribution in [0.5, 0.6) is 0 Å². The van der Waals surface area contributed by atoms with Gasteiger partial charge in [-0.1, -0.05) is 97.1 Å². The molecule has 2 heteroatoms. The molecule has 182 valence electrons. The summed E-state index contributed by atoms with van der Waals surface area (Å²) >= 11 is 0. The molecule has 0 bridgehead atoms. The second kappa shape index (κ2) is 9.24. The molecule has 1 aromatic heterocycles. The standard InChI is InChI=1S/C36H28N2/c1-2-37-35-19-10-9-17-32(35)33-23-22-30(25-36(33)37)38(28-15-7-4-8-16-28)29-21-20-27-14-11-18-31(34(27)24-29)26-12-5-3-6-13-26/h3-25H,2H2,1H3. The van der Waals surface area contributed by atoms with Crippen molar-refractivity contribution in [3.8, 4) is 11.1 Å². The topological polar surface area (TPSA) is 8.17 Å². The van der Waals surface area contributed by atoms with Gasteiger partial charge in [-0.15, -0.1) is 0 Å². The van der Waals surface area contributed by atoms with Gasteiger partial charge in [0.1, 0.15) is 0 Å². The summed E-state index contributed by atoms with van der Waals surface area (Å²) in [4.78, 5) is 2.37. The first-order valence-electron chi connectivity index (χ1n) is 13.3. The molecule has 0 saturated heterocycles. The van der Waals surface area contributed by atoms with Crippen LogP contribution in [0.3, 0.4) is 0 Å². The van der Waals surface area contributed by atoms with Crippen molar-refractivity contribution in [2.75, 3.05) is 4.90 Å². The van der Waals surface area contributed by atoms with Crippen LogP contribution in [0.4, 0.5) is 17.1 Å². The molecule has 0 saturated carbocycles. The van der Waals surface area contributed by atoms with Crippen molar-refractivity contribution in [1.29, 1.82) is 0 Å². The molecule has 0 fully saturated rings. The number of hydrogen-bond acceptors (Lipinski definition) is 1. The van der Waals surface area contributed by atoms with Crippen LogP contribution in [0.25, 0.3) is 43.7 Å². The van der Waals surface area contributed by atoms with E-state index < -0.39 is 0 Å². The summed E-state index contributed by atoms with van der Waals surface area (Å²) in [7, 11) is 0. The minimum Gasteiger partial charge on any atom is -0.341 e. The predicted octanol–water partition coefficient (Wildman–Crippen LogP) is 10.1. The third-order valence-electron chi connectivity index (χ3n) is 7.55. The largest absolute Gasteiger partial charge is 0.341 e. The molecule has 0 atom stereocenters. The molecule has 0 aliphatic heterocycles. The van der Waals surface area contributed by atoms with Gasteiger partial charge in [-0.3, -0.25) is 0 Å². The van der Waals surface area contributed by atoms with E-state index in [0.717, 1.165) is 23.6 Å². The molecular weight excluding hydrogens is 460 g/mol. The number of aryl methyl sites for hydroxylation is 1. The Bertz CT molecular complexity index is 1900. The van der Waals surface area contributed by atoms with E-state index >= 15 is 0 Å². The summed E-state index contributed by atoms with van der Waals surface area (Å²) in [6.07, 6.45) is 0. The summed E-state index contributed by atoms with van der Waals surface area (Å²) in [5.41, 5.74) is 8.46. The number of fused-ring (bicyclic) bond motifs is 4. The summed E-state index contributed by atoms with van der Waals surface area (Å²) in [5.74, 6) is 0. The second-order valence-corrected chi connectivity index (χ2v) is 9.71. The van der Waals surface area contributed by atoms with Crippen LogP contribution >= 0.6 is 0 Å². The number of nitrogens with zero attached hydrogens (tertiary/aromatic N) is 2. The predicted molar refractivity (Wildman–Crippen MR) is 163 cm³/mol. The molecule has 6 aromatic carbocycles. The van der Waals surface area contributed by atoms with Crippen molar-refractivity contribution in [1.82, 2.24) is 4.57 Å². The van der Waals surface area contributed by atoms with Crippen LogP contribution in [0, 0.1) is 0 Å². The smallest absolute Gasteiger partial charge is 0.0512 e. The average molecular weight is 489 g/mol. The van der Waals surface area contributed by atoms with E-state index in [4.69, 9.17) is 0 Å². The van der Waals surface area contributed by atoms with E-state index in [1.165, 1.54) is 43.7 Å². The molecule has 2 nitrogen and oxygen atoms in total. The molecular formula is C36H28N2. The highest BCUT2D eigenvalue weighted by molar-refractivity contribution is 6.09. The number of hydrogen-bond donors (Lipinski definition) is 0. The van der Waals surface area contributed by atoms with E-state index in [0.29, 0.717) is 0 Å². The zero-order valence-corrected chi connectivity index (χ0v) is 21.4. The fourth-order valence-corrected chi connectivity index (χ4v) is 5.81. The zero-order chi connectivity index (χ0) is 25.5. The Morgan fingerprint density at radius 3 is 2.00 bits per heavy atom. The van der Waals surface area contributed by atoms with Crippen LogP contribution in [-0.4, -0.2) is 4.57 Å². The van der Waals surface area contributed by atoms with Gasteiger partial charge < -0.3 is 9.47 Å². The molecule has 0 aliphatic rings. The Balaban J connectivity index is 1.46. The number of anilines is 3. The Hall–Kier alpha value is -4.82. The highest BCUT2D eigenvalue weighted by atomic mass is 15.1. The normalized spacial score (nSPS) is 11.4. The van der Waals surface area contributed by atoms with E-state index in [-0.39, 0.29) is 0 Å². The van der Waals surface area contributed by atoms with Crippen molar-refractivity contribution in [2.24, 2.45) is 0 Å². The van der Waals surface area contributed by atoms with Gasteiger partial charge in [0.05, 0.1) is 5.52 Å². The van der Waals surface area contributed by atoms with Crippen LogP contribution in [0.15, 0.2) is 140 Å². The van der Waals surface area contributed by atoms with Gasteiger partial charge in [0, 0.05) is 39.9 Å². The highest BCUT2D eigenvalue weighted by Gasteiger charge is 2.17. The van der Waals surface area contributed by atoms with Gasteiger partial charge in [-0.2, -0.15) is 0 Å². The monoisotopic (exact) mass is 488 g/mol. The Morgan fingerprint density at radius 1 is 0.500 bits per heavy atom. The first-order chi connectivity index (χ1) is 18.8. The van der Waals surface area contributed by atoms with E-state index in [1.54, 1.807) is 0 Å². The second-order valence-electron chi connectivity index (χ2n) is 9.71. The van der Waals surface area contributed by atoms with Gasteiger partial charge in [0.15, 0.2) is 0 Å². The zero-order valence-electron chi connectivity index (χ0n) is 21.4. The van der Waals surface area contributed by atoms with Gasteiger partial charge in [-0.25, -0.2) is 0 Å². The van der Waals surface area contributed by atoms with E-state index in [9.17, 15) is 0 Å². The fraction of sp³-hybridized carbons (Fsp3) is 0.0556. The highest BCUT2D eigenvalue weighted by Crippen LogP contribution is 2.40. The van der Waals surface area contributed by atoms with Gasteiger partial charge in [0.25, 0.3) is 0 Å². The summed E-state index contributed by atoms with van der Waals surface area (Å²) in [6.45, 7) is 3.15. The van der Waals surface area contributed by atoms with E-state index in [1.807, 2.05) is 0 Å². The van der Waals surface area contributed by atoms with Gasteiger partial charge in [0.2, 0.25) is 0 Å². The van der Waals surface area contributed by atoms with Crippen LogP contribution in [-0.2, 0) is 6.54 Å². The summed E-state index contributed by atoms with van der Waals surface area (Å²) in [5, 5.41) is 5.09.